The molecule has 0 unspecified atom stereocenters. The number of carbonyl (C=O) groups is 1. The molecule has 2 heterocycles. The minimum absolute atomic E-state index is 0.0328. The molecule has 0 saturated heterocycles. The Morgan fingerprint density at radius 1 is 1.20 bits per heavy atom. The average molecular weight is 414 g/mol. The Bertz CT molecular complexity index is 1040. The molecule has 0 radical (unpaired) electrons. The molecule has 8 nitrogen and oxygen atoms in total. The summed E-state index contributed by atoms with van der Waals surface area (Å²) in [6.45, 7) is 8.34. The van der Waals surface area contributed by atoms with Gasteiger partial charge < -0.3 is 15.2 Å². The third kappa shape index (κ3) is 4.53. The fourth-order valence-electron chi connectivity index (χ4n) is 3.57. The summed E-state index contributed by atoms with van der Waals surface area (Å²) in [5.41, 5.74) is 3.47. The largest absolute Gasteiger partial charge is 0.496 e. The second-order valence-electron chi connectivity index (χ2n) is 8.07. The summed E-state index contributed by atoms with van der Waals surface area (Å²) in [4.78, 5) is 16.6. The highest BCUT2D eigenvalue weighted by atomic mass is 16.5. The van der Waals surface area contributed by atoms with Gasteiger partial charge in [-0.1, -0.05) is 20.3 Å². The van der Waals surface area contributed by atoms with Crippen molar-refractivity contribution in [3.05, 3.63) is 23.5 Å². The number of aryl methyl sites for hydroxylation is 2. The van der Waals surface area contributed by atoms with Crippen molar-refractivity contribution in [3.63, 3.8) is 0 Å². The zero-order chi connectivity index (χ0) is 21.8. The Balaban J connectivity index is 1.67. The molecule has 0 spiro atoms. The lowest BCUT2D eigenvalue weighted by atomic mass is 9.99. The number of ether oxygens (including phenoxy) is 1. The van der Waals surface area contributed by atoms with Gasteiger partial charge in [-0.05, 0) is 44.2 Å². The molecular weight excluding hydrogens is 382 g/mol. The lowest BCUT2D eigenvalue weighted by Crippen LogP contribution is -2.25. The van der Waals surface area contributed by atoms with Gasteiger partial charge in [-0.25, -0.2) is 4.98 Å². The SMILES string of the molecule is COc1cc2nc(NCCCCCC(=O)[C@@H](O)C(C)C)c3nnc(C)n3c2cc1C. The number of rotatable bonds is 10. The molecule has 30 heavy (non-hydrogen) atoms. The number of unbranched alkanes of at least 4 members (excludes halogenated alkanes) is 2. The van der Waals surface area contributed by atoms with Crippen LogP contribution in [0.4, 0.5) is 5.82 Å². The number of aliphatic hydroxyl groups excluding tert-OH is 1. The highest BCUT2D eigenvalue weighted by molar-refractivity contribution is 5.85. The van der Waals surface area contributed by atoms with Crippen LogP contribution >= 0.6 is 0 Å². The number of ketones is 1. The van der Waals surface area contributed by atoms with Crippen molar-refractivity contribution in [2.45, 2.75) is 59.5 Å². The fourth-order valence-corrected chi connectivity index (χ4v) is 3.57. The lowest BCUT2D eigenvalue weighted by molar-refractivity contribution is -0.129. The number of aliphatic hydroxyl groups is 1. The van der Waals surface area contributed by atoms with Gasteiger partial charge in [0.2, 0.25) is 5.65 Å². The monoisotopic (exact) mass is 413 g/mol. The number of carbonyl (C=O) groups excluding carboxylic acids is 1. The maximum Gasteiger partial charge on any atom is 0.204 e. The van der Waals surface area contributed by atoms with Crippen molar-refractivity contribution in [2.75, 3.05) is 19.0 Å². The molecule has 0 amide bonds. The number of aromatic nitrogens is 4. The molecular formula is C22H31N5O3. The third-order valence-electron chi connectivity index (χ3n) is 5.36. The van der Waals surface area contributed by atoms with Crippen LogP contribution in [0.3, 0.4) is 0 Å². The predicted molar refractivity (Wildman–Crippen MR) is 117 cm³/mol. The van der Waals surface area contributed by atoms with Gasteiger partial charge in [0.05, 0.1) is 18.1 Å². The predicted octanol–water partition coefficient (Wildman–Crippen LogP) is 3.46. The minimum atomic E-state index is -0.852. The van der Waals surface area contributed by atoms with Gasteiger partial charge in [0.1, 0.15) is 17.7 Å². The van der Waals surface area contributed by atoms with Crippen molar-refractivity contribution in [3.8, 4) is 5.75 Å². The lowest BCUT2D eigenvalue weighted by Gasteiger charge is -2.13. The van der Waals surface area contributed by atoms with Crippen molar-refractivity contribution in [1.82, 2.24) is 19.6 Å². The standard InChI is InChI=1S/C22H31N5O3/c1-13(2)20(29)18(28)9-7-6-8-10-23-21-22-26-25-15(4)27(22)17-11-14(3)19(30-5)12-16(17)24-21/h11-13,20,29H,6-10H2,1-5H3,(H,23,24)/t20-/m0/s1. The molecule has 3 rings (SSSR count). The number of hydrogen-bond acceptors (Lipinski definition) is 7. The number of methoxy groups -OCH3 is 1. The Morgan fingerprint density at radius 3 is 2.67 bits per heavy atom. The van der Waals surface area contributed by atoms with E-state index in [9.17, 15) is 9.90 Å². The number of hydrogen-bond donors (Lipinski definition) is 2. The van der Waals surface area contributed by atoms with Crippen LogP contribution < -0.4 is 10.1 Å². The molecule has 0 aliphatic carbocycles. The van der Waals surface area contributed by atoms with E-state index in [1.807, 2.05) is 44.2 Å². The number of benzene rings is 1. The minimum Gasteiger partial charge on any atom is -0.496 e. The van der Waals surface area contributed by atoms with Crippen LogP contribution in [0.15, 0.2) is 12.1 Å². The van der Waals surface area contributed by atoms with E-state index in [2.05, 4.69) is 15.5 Å². The van der Waals surface area contributed by atoms with Crippen LogP contribution in [-0.2, 0) is 4.79 Å². The Morgan fingerprint density at radius 2 is 1.97 bits per heavy atom. The quantitative estimate of drug-likeness (QED) is 0.491. The molecule has 162 valence electrons. The van der Waals surface area contributed by atoms with Gasteiger partial charge in [-0.2, -0.15) is 0 Å². The van der Waals surface area contributed by atoms with E-state index >= 15 is 0 Å². The normalized spacial score (nSPS) is 12.6. The summed E-state index contributed by atoms with van der Waals surface area (Å²) in [6, 6.07) is 3.97. The van der Waals surface area contributed by atoms with Crippen LogP contribution in [-0.4, -0.2) is 50.2 Å². The Hall–Kier alpha value is -2.74. The van der Waals surface area contributed by atoms with Gasteiger partial charge in [0.25, 0.3) is 0 Å². The summed E-state index contributed by atoms with van der Waals surface area (Å²) in [6.07, 6.45) is 2.12. The second kappa shape index (κ2) is 9.38. The fraction of sp³-hybridized carbons (Fsp3) is 0.545. The maximum atomic E-state index is 11.9. The topological polar surface area (TPSA) is 102 Å². The van der Waals surface area contributed by atoms with Crippen LogP contribution in [0.2, 0.25) is 0 Å². The summed E-state index contributed by atoms with van der Waals surface area (Å²) < 4.78 is 7.45. The Kier molecular flexibility index (Phi) is 6.87. The van der Waals surface area contributed by atoms with Crippen molar-refractivity contribution >= 4 is 28.3 Å². The van der Waals surface area contributed by atoms with Gasteiger partial charge >= 0.3 is 0 Å². The molecule has 0 saturated carbocycles. The zero-order valence-corrected chi connectivity index (χ0v) is 18.4. The maximum absolute atomic E-state index is 11.9. The smallest absolute Gasteiger partial charge is 0.204 e. The number of nitrogens with one attached hydrogen (secondary N) is 1. The molecule has 2 N–H and O–H groups in total. The van der Waals surface area contributed by atoms with E-state index in [-0.39, 0.29) is 11.7 Å². The number of nitrogens with zero attached hydrogens (tertiary/aromatic N) is 4. The van der Waals surface area contributed by atoms with Crippen molar-refractivity contribution < 1.29 is 14.6 Å². The highest BCUT2D eigenvalue weighted by Crippen LogP contribution is 2.28. The number of fused-ring (bicyclic) bond motifs is 3. The summed E-state index contributed by atoms with van der Waals surface area (Å²) in [5, 5.41) is 21.7. The van der Waals surface area contributed by atoms with Gasteiger partial charge in [-0.3, -0.25) is 9.20 Å². The highest BCUT2D eigenvalue weighted by Gasteiger charge is 2.18. The molecule has 0 bridgehead atoms. The van der Waals surface area contributed by atoms with E-state index in [4.69, 9.17) is 9.72 Å². The van der Waals surface area contributed by atoms with E-state index < -0.39 is 6.10 Å². The van der Waals surface area contributed by atoms with Crippen LogP contribution in [0.25, 0.3) is 16.7 Å². The van der Waals surface area contributed by atoms with E-state index in [1.165, 1.54) is 0 Å². The molecule has 2 aromatic heterocycles. The molecule has 8 heteroatoms. The average Bonchev–Trinajstić information content (AvgIpc) is 3.11. The zero-order valence-electron chi connectivity index (χ0n) is 18.4. The summed E-state index contributed by atoms with van der Waals surface area (Å²) >= 11 is 0. The first-order valence-corrected chi connectivity index (χ1v) is 10.5. The molecule has 1 atom stereocenters. The second-order valence-corrected chi connectivity index (χ2v) is 8.07. The first kappa shape index (κ1) is 22.0. The number of anilines is 1. The van der Waals surface area contributed by atoms with E-state index in [0.29, 0.717) is 24.4 Å². The van der Waals surface area contributed by atoms with E-state index in [0.717, 1.165) is 47.4 Å². The first-order chi connectivity index (χ1) is 14.3. The third-order valence-corrected chi connectivity index (χ3v) is 5.36. The molecule has 0 fully saturated rings. The summed E-state index contributed by atoms with van der Waals surface area (Å²) in [5.74, 6) is 2.17. The van der Waals surface area contributed by atoms with Gasteiger partial charge in [0, 0.05) is 19.0 Å². The van der Waals surface area contributed by atoms with Gasteiger partial charge in [0.15, 0.2) is 11.6 Å². The van der Waals surface area contributed by atoms with E-state index in [1.54, 1.807) is 7.11 Å². The van der Waals surface area contributed by atoms with Gasteiger partial charge in [-0.15, -0.1) is 10.2 Å². The summed E-state index contributed by atoms with van der Waals surface area (Å²) in [7, 11) is 1.65. The number of Topliss-reactive ketones (excluding diaryl/α,β-unsaturated/α-hetero) is 1. The van der Waals surface area contributed by atoms with Crippen molar-refractivity contribution in [1.29, 1.82) is 0 Å². The Labute approximate surface area is 176 Å². The molecule has 0 aliphatic heterocycles. The molecule has 1 aromatic carbocycles. The van der Waals surface area contributed by atoms with Crippen molar-refractivity contribution in [2.24, 2.45) is 5.92 Å². The molecule has 0 aliphatic rings. The first-order valence-electron chi connectivity index (χ1n) is 10.5. The van der Waals surface area contributed by atoms with Crippen LogP contribution in [0.5, 0.6) is 5.75 Å². The van der Waals surface area contributed by atoms with Crippen LogP contribution in [0.1, 0.15) is 50.9 Å². The molecule has 3 aromatic rings. The van der Waals surface area contributed by atoms with Crippen LogP contribution in [0, 0.1) is 19.8 Å².